The molecule has 0 fully saturated rings. The van der Waals surface area contributed by atoms with Crippen LogP contribution in [-0.4, -0.2) is 32.3 Å². The molecule has 0 aliphatic carbocycles. The summed E-state index contributed by atoms with van der Waals surface area (Å²) in [7, 11) is 0. The fourth-order valence-corrected chi connectivity index (χ4v) is 2.80. The summed E-state index contributed by atoms with van der Waals surface area (Å²) in [5.41, 5.74) is 2.58. The summed E-state index contributed by atoms with van der Waals surface area (Å²) in [4.78, 5) is 4.58. The second-order valence-corrected chi connectivity index (χ2v) is 6.14. The average Bonchev–Trinajstić information content (AvgIpc) is 3.38. The number of guanidine groups is 1. The van der Waals surface area contributed by atoms with E-state index >= 15 is 0 Å². The van der Waals surface area contributed by atoms with E-state index < -0.39 is 0 Å². The summed E-state index contributed by atoms with van der Waals surface area (Å²) in [5, 5.41) is 19.0. The van der Waals surface area contributed by atoms with Crippen molar-refractivity contribution in [3.8, 4) is 11.3 Å². The van der Waals surface area contributed by atoms with Gasteiger partial charge in [0.25, 0.3) is 0 Å². The zero-order valence-electron chi connectivity index (χ0n) is 15.9. The van der Waals surface area contributed by atoms with Crippen LogP contribution in [0.4, 0.5) is 0 Å². The molecule has 1 aromatic carbocycles. The molecule has 0 amide bonds. The van der Waals surface area contributed by atoms with E-state index in [0.717, 1.165) is 35.0 Å². The van der Waals surface area contributed by atoms with Crippen LogP contribution in [0.5, 0.6) is 0 Å². The zero-order chi connectivity index (χ0) is 19.2. The van der Waals surface area contributed by atoms with Gasteiger partial charge in [-0.15, -0.1) is 34.2 Å². The molecule has 3 aromatic heterocycles. The number of benzene rings is 1. The van der Waals surface area contributed by atoms with E-state index in [0.29, 0.717) is 19.0 Å². The quantitative estimate of drug-likeness (QED) is 0.239. The third kappa shape index (κ3) is 5.11. The SMILES string of the molecule is CCNC(=NCc1cc(-c2ccccc2)on1)NCc1nnc2ccccn12.I. The number of nitrogens with zero attached hydrogens (tertiary/aromatic N) is 5. The van der Waals surface area contributed by atoms with Crippen LogP contribution in [0.15, 0.2) is 70.3 Å². The van der Waals surface area contributed by atoms with Crippen molar-refractivity contribution in [1.82, 2.24) is 30.4 Å². The Balaban J connectivity index is 0.00000240. The van der Waals surface area contributed by atoms with Gasteiger partial charge in [-0.25, -0.2) is 4.99 Å². The number of fused-ring (bicyclic) bond motifs is 1. The fraction of sp³-hybridized carbons (Fsp3) is 0.200. The predicted molar refractivity (Wildman–Crippen MR) is 122 cm³/mol. The van der Waals surface area contributed by atoms with Crippen molar-refractivity contribution in [3.05, 3.63) is 72.3 Å². The van der Waals surface area contributed by atoms with E-state index in [1.807, 2.05) is 72.1 Å². The van der Waals surface area contributed by atoms with Crippen LogP contribution >= 0.6 is 24.0 Å². The lowest BCUT2D eigenvalue weighted by Gasteiger charge is -2.10. The molecule has 0 aliphatic rings. The minimum absolute atomic E-state index is 0. The number of aromatic nitrogens is 4. The third-order valence-corrected chi connectivity index (χ3v) is 4.16. The van der Waals surface area contributed by atoms with Gasteiger partial charge in [0.2, 0.25) is 0 Å². The van der Waals surface area contributed by atoms with Gasteiger partial charge >= 0.3 is 0 Å². The van der Waals surface area contributed by atoms with Crippen molar-refractivity contribution in [3.63, 3.8) is 0 Å². The number of nitrogens with one attached hydrogen (secondary N) is 2. The van der Waals surface area contributed by atoms with Gasteiger partial charge < -0.3 is 15.2 Å². The molecule has 0 radical (unpaired) electrons. The molecular weight excluding hydrogens is 481 g/mol. The largest absolute Gasteiger partial charge is 0.357 e. The second-order valence-electron chi connectivity index (χ2n) is 6.14. The van der Waals surface area contributed by atoms with Crippen LogP contribution in [0.1, 0.15) is 18.4 Å². The molecule has 0 saturated heterocycles. The highest BCUT2D eigenvalue weighted by Gasteiger charge is 2.08. The molecule has 29 heavy (non-hydrogen) atoms. The highest BCUT2D eigenvalue weighted by molar-refractivity contribution is 14.0. The Morgan fingerprint density at radius 3 is 2.72 bits per heavy atom. The minimum atomic E-state index is 0. The van der Waals surface area contributed by atoms with Gasteiger partial charge in [-0.1, -0.05) is 41.6 Å². The summed E-state index contributed by atoms with van der Waals surface area (Å²) >= 11 is 0. The molecule has 9 heteroatoms. The summed E-state index contributed by atoms with van der Waals surface area (Å²) < 4.78 is 7.37. The van der Waals surface area contributed by atoms with Crippen molar-refractivity contribution < 1.29 is 4.52 Å². The van der Waals surface area contributed by atoms with Crippen LogP contribution in [0.3, 0.4) is 0 Å². The fourth-order valence-electron chi connectivity index (χ4n) is 2.80. The molecule has 0 saturated carbocycles. The molecule has 4 aromatic rings. The highest BCUT2D eigenvalue weighted by atomic mass is 127. The summed E-state index contributed by atoms with van der Waals surface area (Å²) in [6.45, 7) is 3.69. The number of halogens is 1. The van der Waals surface area contributed by atoms with Gasteiger partial charge in [-0.3, -0.25) is 4.40 Å². The molecule has 8 nitrogen and oxygen atoms in total. The van der Waals surface area contributed by atoms with Gasteiger partial charge in [0.05, 0.1) is 13.1 Å². The number of rotatable bonds is 6. The Labute approximate surface area is 185 Å². The van der Waals surface area contributed by atoms with E-state index in [1.165, 1.54) is 0 Å². The van der Waals surface area contributed by atoms with Crippen LogP contribution in [0, 0.1) is 0 Å². The molecule has 3 heterocycles. The predicted octanol–water partition coefficient (Wildman–Crippen LogP) is 3.26. The first-order chi connectivity index (χ1) is 13.8. The summed E-state index contributed by atoms with van der Waals surface area (Å²) in [6.07, 6.45) is 1.94. The topological polar surface area (TPSA) is 92.6 Å². The number of hydrogen-bond acceptors (Lipinski definition) is 5. The van der Waals surface area contributed by atoms with Crippen molar-refractivity contribution in [2.45, 2.75) is 20.0 Å². The van der Waals surface area contributed by atoms with Gasteiger partial charge in [-0.05, 0) is 19.1 Å². The average molecular weight is 503 g/mol. The third-order valence-electron chi connectivity index (χ3n) is 4.16. The lowest BCUT2D eigenvalue weighted by molar-refractivity contribution is 0.424. The maximum Gasteiger partial charge on any atom is 0.192 e. The van der Waals surface area contributed by atoms with Gasteiger partial charge in [-0.2, -0.15) is 0 Å². The molecule has 0 aliphatic heterocycles. The number of pyridine rings is 1. The van der Waals surface area contributed by atoms with Gasteiger partial charge in [0.15, 0.2) is 23.2 Å². The van der Waals surface area contributed by atoms with Crippen LogP contribution in [-0.2, 0) is 13.1 Å². The first-order valence-corrected chi connectivity index (χ1v) is 9.15. The number of aliphatic imine (C=N–C) groups is 1. The van der Waals surface area contributed by atoms with E-state index in [9.17, 15) is 0 Å². The lowest BCUT2D eigenvalue weighted by Crippen LogP contribution is -2.37. The maximum atomic E-state index is 5.43. The Kier molecular flexibility index (Phi) is 7.17. The van der Waals surface area contributed by atoms with E-state index in [-0.39, 0.29) is 24.0 Å². The molecular formula is C20H22IN7O. The van der Waals surface area contributed by atoms with Gasteiger partial charge in [0.1, 0.15) is 5.69 Å². The summed E-state index contributed by atoms with van der Waals surface area (Å²) in [6, 6.07) is 17.6. The lowest BCUT2D eigenvalue weighted by atomic mass is 10.2. The normalized spacial score (nSPS) is 11.3. The molecule has 0 atom stereocenters. The zero-order valence-corrected chi connectivity index (χ0v) is 18.3. The van der Waals surface area contributed by atoms with Crippen molar-refractivity contribution in [2.75, 3.05) is 6.54 Å². The monoisotopic (exact) mass is 503 g/mol. The van der Waals surface area contributed by atoms with Crippen molar-refractivity contribution >= 4 is 35.6 Å². The Bertz CT molecular complexity index is 1070. The van der Waals surface area contributed by atoms with E-state index in [4.69, 9.17) is 4.52 Å². The number of hydrogen-bond donors (Lipinski definition) is 2. The van der Waals surface area contributed by atoms with Crippen LogP contribution in [0.2, 0.25) is 0 Å². The molecule has 0 spiro atoms. The molecule has 2 N–H and O–H groups in total. The van der Waals surface area contributed by atoms with Crippen molar-refractivity contribution in [2.24, 2.45) is 4.99 Å². The highest BCUT2D eigenvalue weighted by Crippen LogP contribution is 2.19. The molecule has 150 valence electrons. The first-order valence-electron chi connectivity index (χ1n) is 9.15. The minimum Gasteiger partial charge on any atom is -0.357 e. The van der Waals surface area contributed by atoms with E-state index in [1.54, 1.807) is 0 Å². The van der Waals surface area contributed by atoms with E-state index in [2.05, 4.69) is 31.0 Å². The van der Waals surface area contributed by atoms with Crippen LogP contribution < -0.4 is 10.6 Å². The van der Waals surface area contributed by atoms with Gasteiger partial charge in [0, 0.05) is 24.4 Å². The maximum absolute atomic E-state index is 5.43. The molecule has 0 bridgehead atoms. The Morgan fingerprint density at radius 1 is 1.07 bits per heavy atom. The Morgan fingerprint density at radius 2 is 1.90 bits per heavy atom. The smallest absolute Gasteiger partial charge is 0.192 e. The Hall–Kier alpha value is -2.95. The molecule has 0 unspecified atom stereocenters. The molecule has 4 rings (SSSR count). The van der Waals surface area contributed by atoms with Crippen LogP contribution in [0.25, 0.3) is 17.0 Å². The first kappa shape index (κ1) is 20.8. The summed E-state index contributed by atoms with van der Waals surface area (Å²) in [5.74, 6) is 2.23. The second kappa shape index (κ2) is 10.0. The van der Waals surface area contributed by atoms with Crippen molar-refractivity contribution in [1.29, 1.82) is 0 Å². The standard InChI is InChI=1S/C20H21N7O.HI/c1-2-21-20(23-14-19-25-24-18-10-6-7-11-27(18)19)22-13-16-12-17(28-26-16)15-8-4-3-5-9-15;/h3-12H,2,13-14H2,1H3,(H2,21,22,23);1H.